The van der Waals surface area contributed by atoms with E-state index in [-0.39, 0.29) is 5.92 Å². The van der Waals surface area contributed by atoms with Crippen molar-refractivity contribution in [2.24, 2.45) is 11.8 Å². The second-order valence-corrected chi connectivity index (χ2v) is 8.23. The highest BCUT2D eigenvalue weighted by atomic mass is 16.9. The normalized spacial score (nSPS) is 17.9. The standard InChI is InChI=1S/C27H32N2O3/c1-30-27(31-2,25-19-12-20-29(28)21-25)32-26(22-13-6-3-7-14-22,23-15-8-4-9-16-23)24-17-10-5-11-18-24/h3-11,13-18,25H,12,19-21,28H2,1-2H3/t25-/m0/s1. The molecule has 1 atom stereocenters. The Bertz CT molecular complexity index is 865. The van der Waals surface area contributed by atoms with Crippen LogP contribution in [-0.2, 0) is 19.8 Å². The molecule has 0 radical (unpaired) electrons. The SMILES string of the molecule is COC(OC)(OC(c1ccccc1)(c1ccccc1)c1ccccc1)[C@H]1CCCN(N)C1. The van der Waals surface area contributed by atoms with Crippen molar-refractivity contribution in [1.29, 1.82) is 0 Å². The van der Waals surface area contributed by atoms with E-state index in [9.17, 15) is 0 Å². The van der Waals surface area contributed by atoms with E-state index in [0.717, 1.165) is 36.1 Å². The maximum Gasteiger partial charge on any atom is 0.288 e. The molecule has 0 aliphatic carbocycles. The van der Waals surface area contributed by atoms with Crippen LogP contribution >= 0.6 is 0 Å². The van der Waals surface area contributed by atoms with Gasteiger partial charge in [-0.15, -0.1) is 0 Å². The van der Waals surface area contributed by atoms with Gasteiger partial charge in [0, 0.05) is 27.3 Å². The molecule has 4 rings (SSSR count). The fourth-order valence-electron chi connectivity index (χ4n) is 4.79. The third-order valence-corrected chi connectivity index (χ3v) is 6.36. The Kier molecular flexibility index (Phi) is 7.04. The summed E-state index contributed by atoms with van der Waals surface area (Å²) in [7, 11) is 3.29. The van der Waals surface area contributed by atoms with Crippen LogP contribution in [-0.4, -0.2) is 38.3 Å². The number of rotatable bonds is 8. The maximum absolute atomic E-state index is 7.14. The minimum Gasteiger partial charge on any atom is -0.331 e. The molecule has 1 saturated heterocycles. The second-order valence-electron chi connectivity index (χ2n) is 8.23. The molecule has 0 spiro atoms. The third-order valence-electron chi connectivity index (χ3n) is 6.36. The zero-order valence-electron chi connectivity index (χ0n) is 18.8. The Morgan fingerprint density at radius 3 is 1.56 bits per heavy atom. The number of methoxy groups -OCH3 is 2. The lowest BCUT2D eigenvalue weighted by molar-refractivity contribution is -0.414. The molecular formula is C27H32N2O3. The van der Waals surface area contributed by atoms with Crippen LogP contribution in [0.2, 0.25) is 0 Å². The summed E-state index contributed by atoms with van der Waals surface area (Å²) >= 11 is 0. The van der Waals surface area contributed by atoms with Gasteiger partial charge in [-0.3, -0.25) is 5.84 Å². The van der Waals surface area contributed by atoms with Crippen molar-refractivity contribution >= 4 is 0 Å². The lowest BCUT2D eigenvalue weighted by Gasteiger charge is -2.48. The van der Waals surface area contributed by atoms with Gasteiger partial charge in [0.2, 0.25) is 0 Å². The van der Waals surface area contributed by atoms with Crippen molar-refractivity contribution in [2.75, 3.05) is 27.3 Å². The van der Waals surface area contributed by atoms with Gasteiger partial charge in [-0.1, -0.05) is 91.0 Å². The molecule has 1 fully saturated rings. The summed E-state index contributed by atoms with van der Waals surface area (Å²) in [5.74, 6) is 4.84. The predicted molar refractivity (Wildman–Crippen MR) is 126 cm³/mol. The van der Waals surface area contributed by atoms with Crippen LogP contribution in [0.3, 0.4) is 0 Å². The number of hydrazine groups is 1. The summed E-state index contributed by atoms with van der Waals surface area (Å²) in [6, 6.07) is 30.8. The molecule has 0 saturated carbocycles. The van der Waals surface area contributed by atoms with Gasteiger partial charge in [0.25, 0.3) is 5.97 Å². The zero-order chi connectivity index (χ0) is 22.4. The van der Waals surface area contributed by atoms with Crippen molar-refractivity contribution in [3.63, 3.8) is 0 Å². The fourth-order valence-corrected chi connectivity index (χ4v) is 4.79. The number of hydrogen-bond donors (Lipinski definition) is 1. The van der Waals surface area contributed by atoms with Gasteiger partial charge in [0.1, 0.15) is 5.60 Å². The van der Waals surface area contributed by atoms with Gasteiger partial charge in [-0.05, 0) is 29.5 Å². The fraction of sp³-hybridized carbons (Fsp3) is 0.333. The molecule has 1 heterocycles. The Morgan fingerprint density at radius 2 is 1.19 bits per heavy atom. The van der Waals surface area contributed by atoms with Crippen molar-refractivity contribution in [3.05, 3.63) is 108 Å². The molecule has 2 N–H and O–H groups in total. The van der Waals surface area contributed by atoms with E-state index in [1.54, 1.807) is 14.2 Å². The topological polar surface area (TPSA) is 57.0 Å². The number of ether oxygens (including phenoxy) is 3. The van der Waals surface area contributed by atoms with Crippen LogP contribution in [0.5, 0.6) is 0 Å². The molecule has 0 amide bonds. The summed E-state index contributed by atoms with van der Waals surface area (Å²) in [6.45, 7) is 1.47. The maximum atomic E-state index is 7.14. The van der Waals surface area contributed by atoms with E-state index in [0.29, 0.717) is 6.54 Å². The predicted octanol–water partition coefficient (Wildman–Crippen LogP) is 4.53. The van der Waals surface area contributed by atoms with E-state index in [4.69, 9.17) is 20.1 Å². The van der Waals surface area contributed by atoms with Crippen LogP contribution in [0.25, 0.3) is 0 Å². The molecule has 5 nitrogen and oxygen atoms in total. The van der Waals surface area contributed by atoms with E-state index in [2.05, 4.69) is 36.4 Å². The number of nitrogens with zero attached hydrogens (tertiary/aromatic N) is 1. The van der Waals surface area contributed by atoms with Crippen molar-refractivity contribution in [3.8, 4) is 0 Å². The average Bonchev–Trinajstić information content (AvgIpc) is 2.87. The Hall–Kier alpha value is -2.54. The van der Waals surface area contributed by atoms with Gasteiger partial charge >= 0.3 is 0 Å². The largest absolute Gasteiger partial charge is 0.331 e. The molecule has 3 aromatic carbocycles. The minimum absolute atomic E-state index is 0.0632. The van der Waals surface area contributed by atoms with Crippen molar-refractivity contribution < 1.29 is 14.2 Å². The first-order valence-electron chi connectivity index (χ1n) is 11.1. The highest BCUT2D eigenvalue weighted by Crippen LogP contribution is 2.46. The summed E-state index contributed by atoms with van der Waals surface area (Å²) < 4.78 is 19.3. The Balaban J connectivity index is 1.94. The van der Waals surface area contributed by atoms with E-state index in [1.165, 1.54) is 0 Å². The number of piperidine rings is 1. The Morgan fingerprint density at radius 1 is 0.750 bits per heavy atom. The molecule has 1 aliphatic rings. The van der Waals surface area contributed by atoms with Crippen molar-refractivity contribution in [1.82, 2.24) is 5.01 Å². The van der Waals surface area contributed by atoms with E-state index < -0.39 is 11.6 Å². The highest BCUT2D eigenvalue weighted by Gasteiger charge is 2.51. The highest BCUT2D eigenvalue weighted by molar-refractivity contribution is 5.47. The quantitative estimate of drug-likeness (QED) is 0.322. The zero-order valence-corrected chi connectivity index (χ0v) is 18.8. The third kappa shape index (κ3) is 4.22. The molecule has 0 bridgehead atoms. The molecular weight excluding hydrogens is 400 g/mol. The molecule has 3 aromatic rings. The minimum atomic E-state index is -1.29. The van der Waals surface area contributed by atoms with Gasteiger partial charge in [0.05, 0.1) is 5.92 Å². The first-order chi connectivity index (χ1) is 15.6. The summed E-state index contributed by atoms with van der Waals surface area (Å²) in [5, 5.41) is 1.82. The molecule has 1 aliphatic heterocycles. The van der Waals surface area contributed by atoms with Gasteiger partial charge < -0.3 is 14.2 Å². The van der Waals surface area contributed by atoms with Gasteiger partial charge in [0.15, 0.2) is 0 Å². The monoisotopic (exact) mass is 432 g/mol. The van der Waals surface area contributed by atoms with Crippen LogP contribution in [0.1, 0.15) is 29.5 Å². The molecule has 32 heavy (non-hydrogen) atoms. The number of hydrogen-bond acceptors (Lipinski definition) is 5. The smallest absolute Gasteiger partial charge is 0.288 e. The van der Waals surface area contributed by atoms with E-state index in [1.807, 2.05) is 59.6 Å². The van der Waals surface area contributed by atoms with Gasteiger partial charge in [-0.2, -0.15) is 0 Å². The molecule has 5 heteroatoms. The average molecular weight is 433 g/mol. The second kappa shape index (κ2) is 9.94. The van der Waals surface area contributed by atoms with Gasteiger partial charge in [-0.25, -0.2) is 5.01 Å². The summed E-state index contributed by atoms with van der Waals surface area (Å²) in [5.41, 5.74) is 2.04. The summed E-state index contributed by atoms with van der Waals surface area (Å²) in [6.07, 6.45) is 1.85. The van der Waals surface area contributed by atoms with Crippen LogP contribution in [0.4, 0.5) is 0 Å². The number of benzene rings is 3. The first kappa shape index (κ1) is 22.6. The molecule has 0 aromatic heterocycles. The molecule has 168 valence electrons. The van der Waals surface area contributed by atoms with Crippen LogP contribution in [0.15, 0.2) is 91.0 Å². The van der Waals surface area contributed by atoms with Crippen molar-refractivity contribution in [2.45, 2.75) is 24.4 Å². The van der Waals surface area contributed by atoms with Crippen LogP contribution < -0.4 is 5.84 Å². The van der Waals surface area contributed by atoms with E-state index >= 15 is 0 Å². The summed E-state index contributed by atoms with van der Waals surface area (Å²) in [4.78, 5) is 0. The Labute approximate surface area is 190 Å². The molecule has 0 unspecified atom stereocenters. The number of nitrogens with two attached hydrogens (primary N) is 1. The lowest BCUT2D eigenvalue weighted by atomic mass is 9.79. The van der Waals surface area contributed by atoms with Crippen LogP contribution in [0, 0.1) is 5.92 Å². The first-order valence-corrected chi connectivity index (χ1v) is 11.1. The lowest BCUT2D eigenvalue weighted by Crippen LogP contribution is -2.56.